The molecule has 0 fully saturated rings. The minimum absolute atomic E-state index is 0.0607. The van der Waals surface area contributed by atoms with Gasteiger partial charge in [0.25, 0.3) is 0 Å². The van der Waals surface area contributed by atoms with Gasteiger partial charge in [-0.3, -0.25) is 0 Å². The Kier molecular flexibility index (Phi) is 4.17. The van der Waals surface area contributed by atoms with E-state index < -0.39 is 0 Å². The quantitative estimate of drug-likeness (QED) is 0.813. The van der Waals surface area contributed by atoms with E-state index in [0.717, 1.165) is 22.9 Å². The maximum absolute atomic E-state index is 9.32. The fraction of sp³-hybridized carbons (Fsp3) is 0.273. The fourth-order valence-electron chi connectivity index (χ4n) is 1.27. The molecule has 3 N–H and O–H groups in total. The third-order valence-electron chi connectivity index (χ3n) is 2.06. The van der Waals surface area contributed by atoms with Crippen LogP contribution < -0.4 is 5.73 Å². The highest BCUT2D eigenvalue weighted by molar-refractivity contribution is 9.10. The highest BCUT2D eigenvalue weighted by Gasteiger charge is 2.09. The van der Waals surface area contributed by atoms with Crippen LogP contribution in [-0.2, 0) is 0 Å². The number of phenolic OH excluding ortho intramolecular Hbond substituents is 1. The molecule has 14 heavy (non-hydrogen) atoms. The zero-order valence-electron chi connectivity index (χ0n) is 7.91. The lowest BCUT2D eigenvalue weighted by Crippen LogP contribution is -2.10. The van der Waals surface area contributed by atoms with Crippen molar-refractivity contribution in [3.05, 3.63) is 40.9 Å². The molecule has 0 saturated carbocycles. The summed E-state index contributed by atoms with van der Waals surface area (Å²) in [6.45, 7) is 3.65. The maximum Gasteiger partial charge on any atom is 0.115 e. The number of halogens is 1. The van der Waals surface area contributed by atoms with E-state index in [4.69, 9.17) is 5.73 Å². The van der Waals surface area contributed by atoms with E-state index in [1.807, 2.05) is 6.08 Å². The zero-order chi connectivity index (χ0) is 10.6. The largest absolute Gasteiger partial charge is 0.508 e. The predicted molar refractivity (Wildman–Crippen MR) is 62.2 cm³/mol. The maximum atomic E-state index is 9.32. The Morgan fingerprint density at radius 1 is 1.57 bits per heavy atom. The Morgan fingerprint density at radius 2 is 2.29 bits per heavy atom. The van der Waals surface area contributed by atoms with Crippen molar-refractivity contribution in [1.82, 2.24) is 0 Å². The smallest absolute Gasteiger partial charge is 0.115 e. The van der Waals surface area contributed by atoms with Gasteiger partial charge in [-0.2, -0.15) is 0 Å². The molecule has 0 unspecified atom stereocenters. The van der Waals surface area contributed by atoms with Crippen molar-refractivity contribution in [2.45, 2.75) is 18.9 Å². The van der Waals surface area contributed by atoms with Gasteiger partial charge in [0.1, 0.15) is 5.75 Å². The number of phenols is 1. The van der Waals surface area contributed by atoms with E-state index in [-0.39, 0.29) is 11.8 Å². The van der Waals surface area contributed by atoms with Crippen molar-refractivity contribution in [1.29, 1.82) is 0 Å². The van der Waals surface area contributed by atoms with E-state index in [2.05, 4.69) is 22.5 Å². The van der Waals surface area contributed by atoms with Crippen LogP contribution >= 0.6 is 15.9 Å². The molecule has 0 heterocycles. The summed E-state index contributed by atoms with van der Waals surface area (Å²) < 4.78 is 0.937. The van der Waals surface area contributed by atoms with Crippen LogP contribution in [0.25, 0.3) is 0 Å². The lowest BCUT2D eigenvalue weighted by molar-refractivity contribution is 0.473. The van der Waals surface area contributed by atoms with Gasteiger partial charge in [-0.05, 0) is 36.6 Å². The summed E-state index contributed by atoms with van der Waals surface area (Å²) in [7, 11) is 0. The molecule has 0 spiro atoms. The number of hydrogen-bond donors (Lipinski definition) is 2. The Bertz CT molecular complexity index is 325. The number of allylic oxidation sites excluding steroid dienone is 1. The third-order valence-corrected chi connectivity index (χ3v) is 2.78. The van der Waals surface area contributed by atoms with Gasteiger partial charge in [-0.1, -0.05) is 22.0 Å². The number of benzene rings is 1. The van der Waals surface area contributed by atoms with Crippen LogP contribution in [0.2, 0.25) is 0 Å². The zero-order valence-corrected chi connectivity index (χ0v) is 9.50. The van der Waals surface area contributed by atoms with Gasteiger partial charge < -0.3 is 10.8 Å². The SMILES string of the molecule is C=CCC[C@H](N)c1cc(O)ccc1Br. The fourth-order valence-corrected chi connectivity index (χ4v) is 1.81. The molecule has 0 saturated heterocycles. The Morgan fingerprint density at radius 3 is 2.93 bits per heavy atom. The molecule has 0 radical (unpaired) electrons. The highest BCUT2D eigenvalue weighted by Crippen LogP contribution is 2.28. The number of hydrogen-bond acceptors (Lipinski definition) is 2. The van der Waals surface area contributed by atoms with E-state index in [1.54, 1.807) is 18.2 Å². The molecule has 0 aliphatic rings. The van der Waals surface area contributed by atoms with Crippen LogP contribution in [0.1, 0.15) is 24.4 Å². The summed E-state index contributed by atoms with van der Waals surface area (Å²) in [5.74, 6) is 0.247. The third kappa shape index (κ3) is 2.86. The lowest BCUT2D eigenvalue weighted by atomic mass is 10.0. The standard InChI is InChI=1S/C11H14BrNO/c1-2-3-4-11(13)9-7-8(14)5-6-10(9)12/h2,5-7,11,14H,1,3-4,13H2/t11-/m0/s1. The lowest BCUT2D eigenvalue weighted by Gasteiger charge is -2.13. The summed E-state index contributed by atoms with van der Waals surface area (Å²) in [4.78, 5) is 0. The first-order valence-electron chi connectivity index (χ1n) is 4.50. The molecule has 1 atom stereocenters. The minimum atomic E-state index is -0.0607. The highest BCUT2D eigenvalue weighted by atomic mass is 79.9. The van der Waals surface area contributed by atoms with Crippen molar-refractivity contribution in [3.8, 4) is 5.75 Å². The van der Waals surface area contributed by atoms with Crippen molar-refractivity contribution in [3.63, 3.8) is 0 Å². The second kappa shape index (κ2) is 5.17. The van der Waals surface area contributed by atoms with E-state index in [9.17, 15) is 5.11 Å². The van der Waals surface area contributed by atoms with Crippen LogP contribution in [0.5, 0.6) is 5.75 Å². The Labute approximate surface area is 92.6 Å². The van der Waals surface area contributed by atoms with Crippen molar-refractivity contribution in [2.75, 3.05) is 0 Å². The second-order valence-corrected chi connectivity index (χ2v) is 4.03. The minimum Gasteiger partial charge on any atom is -0.508 e. The Balaban J connectivity index is 2.82. The summed E-state index contributed by atoms with van der Waals surface area (Å²) in [6, 6.07) is 5.07. The second-order valence-electron chi connectivity index (χ2n) is 3.18. The molecule has 0 aliphatic carbocycles. The van der Waals surface area contributed by atoms with Crippen LogP contribution in [0.15, 0.2) is 35.3 Å². The van der Waals surface area contributed by atoms with E-state index in [1.165, 1.54) is 0 Å². The number of rotatable bonds is 4. The monoisotopic (exact) mass is 255 g/mol. The van der Waals surface area contributed by atoms with Gasteiger partial charge in [0, 0.05) is 10.5 Å². The predicted octanol–water partition coefficient (Wildman–Crippen LogP) is 3.12. The van der Waals surface area contributed by atoms with Gasteiger partial charge in [-0.15, -0.1) is 6.58 Å². The number of nitrogens with two attached hydrogens (primary N) is 1. The summed E-state index contributed by atoms with van der Waals surface area (Å²) in [5, 5.41) is 9.32. The molecule has 0 aliphatic heterocycles. The molecule has 76 valence electrons. The van der Waals surface area contributed by atoms with Crippen LogP contribution in [0.4, 0.5) is 0 Å². The first-order chi connectivity index (χ1) is 6.65. The molecular weight excluding hydrogens is 242 g/mol. The van der Waals surface area contributed by atoms with Gasteiger partial charge in [0.2, 0.25) is 0 Å². The first kappa shape index (κ1) is 11.3. The van der Waals surface area contributed by atoms with Crippen molar-refractivity contribution in [2.24, 2.45) is 5.73 Å². The van der Waals surface area contributed by atoms with Crippen LogP contribution in [0.3, 0.4) is 0 Å². The first-order valence-corrected chi connectivity index (χ1v) is 5.29. The molecule has 2 nitrogen and oxygen atoms in total. The van der Waals surface area contributed by atoms with Gasteiger partial charge >= 0.3 is 0 Å². The molecule has 0 bridgehead atoms. The van der Waals surface area contributed by atoms with Crippen LogP contribution in [-0.4, -0.2) is 5.11 Å². The molecule has 3 heteroatoms. The van der Waals surface area contributed by atoms with Crippen LogP contribution in [0, 0.1) is 0 Å². The van der Waals surface area contributed by atoms with E-state index in [0.29, 0.717) is 0 Å². The molecule has 0 aromatic heterocycles. The topological polar surface area (TPSA) is 46.2 Å². The van der Waals surface area contributed by atoms with Gasteiger partial charge in [-0.25, -0.2) is 0 Å². The average Bonchev–Trinajstić information content (AvgIpc) is 2.18. The van der Waals surface area contributed by atoms with Gasteiger partial charge in [0.15, 0.2) is 0 Å². The normalized spacial score (nSPS) is 12.4. The van der Waals surface area contributed by atoms with Crippen molar-refractivity contribution >= 4 is 15.9 Å². The summed E-state index contributed by atoms with van der Waals surface area (Å²) >= 11 is 3.41. The summed E-state index contributed by atoms with van der Waals surface area (Å²) in [6.07, 6.45) is 3.56. The number of aromatic hydroxyl groups is 1. The van der Waals surface area contributed by atoms with E-state index >= 15 is 0 Å². The van der Waals surface area contributed by atoms with Crippen molar-refractivity contribution < 1.29 is 5.11 Å². The molecular formula is C11H14BrNO. The molecule has 0 amide bonds. The summed E-state index contributed by atoms with van der Waals surface area (Å²) in [5.41, 5.74) is 6.90. The molecule has 1 aromatic carbocycles. The average molecular weight is 256 g/mol. The Hall–Kier alpha value is -0.800. The van der Waals surface area contributed by atoms with Gasteiger partial charge in [0.05, 0.1) is 0 Å². The molecule has 1 rings (SSSR count). The molecule has 1 aromatic rings.